The van der Waals surface area contributed by atoms with Gasteiger partial charge in [-0.15, -0.1) is 11.3 Å². The zero-order valence-electron chi connectivity index (χ0n) is 32.4. The lowest BCUT2D eigenvalue weighted by Crippen LogP contribution is -2.68. The summed E-state index contributed by atoms with van der Waals surface area (Å²) in [6.07, 6.45) is -0.577. The number of thiophene rings is 1. The molecule has 12 nitrogen and oxygen atoms in total. The van der Waals surface area contributed by atoms with Crippen LogP contribution in [0, 0.1) is 0 Å². The molecule has 3 N–H and O–H groups in total. The lowest BCUT2D eigenvalue weighted by atomic mass is 10.1. The molecule has 1 heterocycles. The first-order valence-corrected chi connectivity index (χ1v) is 20.5. The summed E-state index contributed by atoms with van der Waals surface area (Å²) in [5.74, 6) is -2.79. The Labute approximate surface area is 327 Å². The lowest BCUT2D eigenvalue weighted by Gasteiger charge is -2.43. The van der Waals surface area contributed by atoms with Crippen molar-refractivity contribution in [3.8, 4) is 10.4 Å². The van der Waals surface area contributed by atoms with E-state index >= 15 is 0 Å². The molecule has 0 bridgehead atoms. The second-order valence-electron chi connectivity index (χ2n) is 14.8. The first kappa shape index (κ1) is 42.4. The fourth-order valence-corrected chi connectivity index (χ4v) is 11.4. The smallest absolute Gasteiger partial charge is 0.412 e. The molecule has 292 valence electrons. The molecular weight excluding hydrogens is 739 g/mol. The third-order valence-corrected chi connectivity index (χ3v) is 14.4. The first-order valence-electron chi connectivity index (χ1n) is 17.7. The highest BCUT2D eigenvalue weighted by Crippen LogP contribution is 2.37. The maximum absolute atomic E-state index is 13.8. The van der Waals surface area contributed by atoms with Gasteiger partial charge in [-0.05, 0) is 59.9 Å². The Morgan fingerprint density at radius 2 is 1.35 bits per heavy atom. The van der Waals surface area contributed by atoms with E-state index in [-0.39, 0.29) is 12.2 Å². The van der Waals surface area contributed by atoms with Gasteiger partial charge in [0.05, 0.1) is 19.3 Å². The Morgan fingerprint density at radius 3 is 1.85 bits per heavy atom. The first-order chi connectivity index (χ1) is 25.9. The van der Waals surface area contributed by atoms with Crippen LogP contribution in [-0.4, -0.2) is 76.2 Å². The summed E-state index contributed by atoms with van der Waals surface area (Å²) in [6, 6.07) is 25.7. The Bertz CT molecular complexity index is 1900. The van der Waals surface area contributed by atoms with E-state index in [1.807, 2.05) is 60.7 Å². The summed E-state index contributed by atoms with van der Waals surface area (Å²) in [6.45, 7) is 12.1. The monoisotopic (exact) mass is 787 g/mol. The van der Waals surface area contributed by atoms with Crippen molar-refractivity contribution in [3.05, 3.63) is 102 Å². The van der Waals surface area contributed by atoms with Crippen LogP contribution >= 0.6 is 11.3 Å². The number of nitrogens with one attached hydrogen (secondary N) is 3. The average Bonchev–Trinajstić information content (AvgIpc) is 3.63. The number of anilines is 1. The minimum absolute atomic E-state index is 0.236. The minimum atomic E-state index is -3.12. The third kappa shape index (κ3) is 11.4. The summed E-state index contributed by atoms with van der Waals surface area (Å²) in [4.78, 5) is 65.2. The standard InChI is InChI=1S/C41H49N3O9SSi/c1-27(45)51-24-33(43-36(46)29-23-35(54-26-29)28-19-21-30(22-20-28)42-39(49)53-40(2,3)4)37(47)44-34(38(48)50-8)25-52-55(41(5,6)7,31-15-11-9-12-16-31)32-17-13-10-14-18-32/h9-23,26,33-34H,24-25H2,1-8H3,(H,42,49)(H,43,46)(H,44,47). The Balaban J connectivity index is 1.53. The van der Waals surface area contributed by atoms with Crippen LogP contribution in [0.15, 0.2) is 96.4 Å². The molecule has 2 atom stereocenters. The van der Waals surface area contributed by atoms with E-state index in [1.165, 1.54) is 25.4 Å². The number of benzene rings is 3. The number of methoxy groups -OCH3 is 1. The van der Waals surface area contributed by atoms with Crippen LogP contribution in [-0.2, 0) is 33.0 Å². The second-order valence-corrected chi connectivity index (χ2v) is 20.0. The summed E-state index contributed by atoms with van der Waals surface area (Å²) in [5.41, 5.74) is 0.943. The number of carbonyl (C=O) groups excluding carboxylic acids is 5. The molecule has 1 aromatic heterocycles. The molecule has 0 saturated heterocycles. The molecular formula is C41H49N3O9SSi. The van der Waals surface area contributed by atoms with Gasteiger partial charge >= 0.3 is 18.0 Å². The molecule has 55 heavy (non-hydrogen) atoms. The van der Waals surface area contributed by atoms with Crippen molar-refractivity contribution in [1.82, 2.24) is 10.6 Å². The normalized spacial score (nSPS) is 12.8. The maximum Gasteiger partial charge on any atom is 0.412 e. The van der Waals surface area contributed by atoms with Gasteiger partial charge in [0.15, 0.2) is 0 Å². The number of hydrogen-bond donors (Lipinski definition) is 3. The highest BCUT2D eigenvalue weighted by Gasteiger charge is 2.51. The maximum atomic E-state index is 13.8. The van der Waals surface area contributed by atoms with Crippen LogP contribution in [0.4, 0.5) is 10.5 Å². The van der Waals surface area contributed by atoms with E-state index in [0.29, 0.717) is 5.69 Å². The van der Waals surface area contributed by atoms with Crippen LogP contribution in [0.3, 0.4) is 0 Å². The molecule has 14 heteroatoms. The fraction of sp³-hybridized carbons (Fsp3) is 0.341. The summed E-state index contributed by atoms with van der Waals surface area (Å²) in [5, 5.41) is 11.2. The largest absolute Gasteiger partial charge is 0.467 e. The van der Waals surface area contributed by atoms with Gasteiger partial charge in [0.2, 0.25) is 5.91 Å². The molecule has 0 aliphatic heterocycles. The van der Waals surface area contributed by atoms with Crippen LogP contribution in [0.5, 0.6) is 0 Å². The van der Waals surface area contributed by atoms with Crippen LogP contribution in [0.1, 0.15) is 58.8 Å². The molecule has 2 unspecified atom stereocenters. The molecule has 4 rings (SSSR count). The molecule has 0 spiro atoms. The number of carbonyl (C=O) groups is 5. The zero-order chi connectivity index (χ0) is 40.4. The van der Waals surface area contributed by atoms with Crippen molar-refractivity contribution in [1.29, 1.82) is 0 Å². The topological polar surface area (TPSA) is 158 Å². The quantitative estimate of drug-likeness (QED) is 0.0834. The highest BCUT2D eigenvalue weighted by molar-refractivity contribution is 7.13. The van der Waals surface area contributed by atoms with Crippen LogP contribution < -0.4 is 26.3 Å². The average molecular weight is 788 g/mol. The van der Waals surface area contributed by atoms with Gasteiger partial charge in [0.1, 0.15) is 24.3 Å². The van der Waals surface area contributed by atoms with Gasteiger partial charge in [0.25, 0.3) is 14.2 Å². The Kier molecular flexibility index (Phi) is 14.2. The summed E-state index contributed by atoms with van der Waals surface area (Å²) in [7, 11) is -1.91. The van der Waals surface area contributed by atoms with E-state index in [4.69, 9.17) is 18.6 Å². The minimum Gasteiger partial charge on any atom is -0.467 e. The van der Waals surface area contributed by atoms with E-state index < -0.39 is 67.5 Å². The second kappa shape index (κ2) is 18.3. The molecule has 3 amide bonds. The van der Waals surface area contributed by atoms with Crippen molar-refractivity contribution >= 4 is 65.6 Å². The fourth-order valence-electron chi connectivity index (χ4n) is 5.92. The lowest BCUT2D eigenvalue weighted by molar-refractivity contribution is -0.148. The van der Waals surface area contributed by atoms with Gasteiger partial charge in [-0.25, -0.2) is 9.59 Å². The summed E-state index contributed by atoms with van der Waals surface area (Å²) < 4.78 is 22.4. The molecule has 0 radical (unpaired) electrons. The predicted molar refractivity (Wildman–Crippen MR) is 215 cm³/mol. The number of esters is 2. The molecule has 3 aromatic carbocycles. The number of rotatable bonds is 14. The third-order valence-electron chi connectivity index (χ3n) is 8.44. The molecule has 4 aromatic rings. The van der Waals surface area contributed by atoms with Crippen molar-refractivity contribution in [2.75, 3.05) is 25.6 Å². The predicted octanol–water partition coefficient (Wildman–Crippen LogP) is 5.66. The van der Waals surface area contributed by atoms with Gasteiger partial charge in [0, 0.05) is 22.9 Å². The van der Waals surface area contributed by atoms with Gasteiger partial charge < -0.3 is 29.3 Å². The van der Waals surface area contributed by atoms with Crippen molar-refractivity contribution in [2.24, 2.45) is 0 Å². The highest BCUT2D eigenvalue weighted by atomic mass is 32.1. The van der Waals surface area contributed by atoms with Crippen molar-refractivity contribution in [2.45, 2.75) is 71.2 Å². The van der Waals surface area contributed by atoms with E-state index in [2.05, 4.69) is 36.7 Å². The van der Waals surface area contributed by atoms with Gasteiger partial charge in [-0.2, -0.15) is 0 Å². The van der Waals surface area contributed by atoms with Crippen LogP contribution in [0.25, 0.3) is 10.4 Å². The van der Waals surface area contributed by atoms with Gasteiger partial charge in [-0.1, -0.05) is 93.6 Å². The molecule has 0 fully saturated rings. The molecule has 0 saturated carbocycles. The van der Waals surface area contributed by atoms with E-state index in [9.17, 15) is 24.0 Å². The molecule has 0 aliphatic rings. The number of ether oxygens (including phenoxy) is 3. The number of hydrogen-bond acceptors (Lipinski definition) is 10. The Hall–Kier alpha value is -5.31. The van der Waals surface area contributed by atoms with Crippen molar-refractivity contribution in [3.63, 3.8) is 0 Å². The Morgan fingerprint density at radius 1 is 0.764 bits per heavy atom. The molecule has 0 aliphatic carbocycles. The van der Waals surface area contributed by atoms with E-state index in [0.717, 1.165) is 20.8 Å². The zero-order valence-corrected chi connectivity index (χ0v) is 34.2. The van der Waals surface area contributed by atoms with Crippen molar-refractivity contribution < 1.29 is 42.6 Å². The van der Waals surface area contributed by atoms with Gasteiger partial charge in [-0.3, -0.25) is 19.7 Å². The summed E-state index contributed by atoms with van der Waals surface area (Å²) >= 11 is 1.30. The van der Waals surface area contributed by atoms with Crippen LogP contribution in [0.2, 0.25) is 5.04 Å². The number of amides is 3. The SMILES string of the molecule is COC(=O)C(CO[Si](c1ccccc1)(c1ccccc1)C(C)(C)C)NC(=O)C(COC(C)=O)NC(=O)c1csc(-c2ccc(NC(=O)OC(C)(C)C)cc2)c1. The van der Waals surface area contributed by atoms with E-state index in [1.54, 1.807) is 56.5 Å².